The van der Waals surface area contributed by atoms with Gasteiger partial charge >= 0.3 is 0 Å². The zero-order valence-electron chi connectivity index (χ0n) is 10.3. The highest BCUT2D eigenvalue weighted by atomic mass is 16.5. The largest absolute Gasteiger partial charge is 0.383 e. The molecule has 0 aliphatic carbocycles. The van der Waals surface area contributed by atoms with Crippen molar-refractivity contribution >= 4 is 5.96 Å². The van der Waals surface area contributed by atoms with Crippen LogP contribution in [-0.2, 0) is 4.74 Å². The molecule has 0 aromatic heterocycles. The second kappa shape index (κ2) is 7.43. The molecule has 1 fully saturated rings. The van der Waals surface area contributed by atoms with Crippen molar-refractivity contribution in [1.82, 2.24) is 15.2 Å². The Labute approximate surface area is 97.4 Å². The van der Waals surface area contributed by atoms with Gasteiger partial charge in [-0.3, -0.25) is 5.43 Å². The summed E-state index contributed by atoms with van der Waals surface area (Å²) in [6.45, 7) is 5.41. The molecule has 1 rings (SSSR count). The molecule has 0 spiro atoms. The van der Waals surface area contributed by atoms with Crippen molar-refractivity contribution in [3.05, 3.63) is 0 Å². The lowest BCUT2D eigenvalue weighted by Crippen LogP contribution is -2.46. The number of ether oxygens (including phenoxy) is 1. The van der Waals surface area contributed by atoms with Crippen LogP contribution >= 0.6 is 0 Å². The number of guanidine groups is 1. The fourth-order valence-corrected chi connectivity index (χ4v) is 1.74. The van der Waals surface area contributed by atoms with Crippen molar-refractivity contribution in [2.45, 2.75) is 6.42 Å². The van der Waals surface area contributed by atoms with Crippen molar-refractivity contribution in [2.24, 2.45) is 10.8 Å². The Hall–Kier alpha value is -0.850. The maximum Gasteiger partial charge on any atom is 0.208 e. The van der Waals surface area contributed by atoms with Gasteiger partial charge in [0.15, 0.2) is 0 Å². The van der Waals surface area contributed by atoms with E-state index in [1.165, 1.54) is 0 Å². The average molecular weight is 229 g/mol. The van der Waals surface area contributed by atoms with E-state index in [9.17, 15) is 0 Å². The summed E-state index contributed by atoms with van der Waals surface area (Å²) in [6, 6.07) is 0. The van der Waals surface area contributed by atoms with Gasteiger partial charge in [0.2, 0.25) is 5.96 Å². The molecule has 0 bridgehead atoms. The monoisotopic (exact) mass is 229 g/mol. The molecule has 1 aliphatic rings. The highest BCUT2D eigenvalue weighted by molar-refractivity contribution is 5.79. The van der Waals surface area contributed by atoms with E-state index in [0.29, 0.717) is 13.2 Å². The van der Waals surface area contributed by atoms with Crippen molar-refractivity contribution in [3.8, 4) is 0 Å². The number of methoxy groups -OCH3 is 1. The molecular weight excluding hydrogens is 206 g/mol. The van der Waals surface area contributed by atoms with Crippen molar-refractivity contribution in [2.75, 3.05) is 53.5 Å². The van der Waals surface area contributed by atoms with Crippen LogP contribution < -0.4 is 11.3 Å². The minimum absolute atomic E-state index is 0.624. The molecule has 6 heteroatoms. The maximum absolute atomic E-state index is 5.49. The van der Waals surface area contributed by atoms with Crippen molar-refractivity contribution in [1.29, 1.82) is 0 Å². The fraction of sp³-hybridized carbons (Fsp3) is 0.900. The molecule has 0 atom stereocenters. The first-order valence-corrected chi connectivity index (χ1v) is 5.71. The van der Waals surface area contributed by atoms with Gasteiger partial charge in [0.1, 0.15) is 0 Å². The van der Waals surface area contributed by atoms with Crippen LogP contribution in [0, 0.1) is 0 Å². The zero-order chi connectivity index (χ0) is 11.8. The summed E-state index contributed by atoms with van der Waals surface area (Å²) in [6.07, 6.45) is 1.14. The maximum atomic E-state index is 5.49. The Morgan fingerprint density at radius 3 is 2.88 bits per heavy atom. The molecule has 94 valence electrons. The molecule has 0 saturated carbocycles. The van der Waals surface area contributed by atoms with E-state index in [0.717, 1.165) is 38.6 Å². The first-order chi connectivity index (χ1) is 7.77. The average Bonchev–Trinajstić information content (AvgIpc) is 2.50. The third-order valence-electron chi connectivity index (χ3n) is 2.71. The van der Waals surface area contributed by atoms with E-state index in [1.807, 2.05) is 0 Å². The fourth-order valence-electron chi connectivity index (χ4n) is 1.74. The summed E-state index contributed by atoms with van der Waals surface area (Å²) in [5, 5.41) is 0. The molecule has 16 heavy (non-hydrogen) atoms. The minimum Gasteiger partial charge on any atom is -0.383 e. The van der Waals surface area contributed by atoms with E-state index in [1.54, 1.807) is 7.11 Å². The van der Waals surface area contributed by atoms with Crippen LogP contribution in [0.3, 0.4) is 0 Å². The Balaban J connectivity index is 2.47. The van der Waals surface area contributed by atoms with Crippen LogP contribution in [0.25, 0.3) is 0 Å². The van der Waals surface area contributed by atoms with Crippen LogP contribution in [0.1, 0.15) is 6.42 Å². The summed E-state index contributed by atoms with van der Waals surface area (Å²) in [4.78, 5) is 8.90. The first-order valence-electron chi connectivity index (χ1n) is 5.71. The predicted octanol–water partition coefficient (Wildman–Crippen LogP) is -0.910. The van der Waals surface area contributed by atoms with Gasteiger partial charge in [-0.05, 0) is 20.0 Å². The highest BCUT2D eigenvalue weighted by Crippen LogP contribution is 2.01. The Morgan fingerprint density at radius 1 is 1.38 bits per heavy atom. The zero-order valence-corrected chi connectivity index (χ0v) is 10.3. The second-order valence-corrected chi connectivity index (χ2v) is 3.99. The van der Waals surface area contributed by atoms with Crippen LogP contribution in [0.2, 0.25) is 0 Å². The van der Waals surface area contributed by atoms with Crippen LogP contribution in [0.15, 0.2) is 4.99 Å². The number of aliphatic imine (C=N–C) groups is 1. The number of rotatable bonds is 3. The summed E-state index contributed by atoms with van der Waals surface area (Å²) >= 11 is 0. The molecule has 1 heterocycles. The van der Waals surface area contributed by atoms with Gasteiger partial charge in [0, 0.05) is 26.7 Å². The Bertz CT molecular complexity index is 221. The number of likely N-dealkylation sites (N-methyl/N-ethyl adjacent to an activating group) is 1. The predicted molar refractivity (Wildman–Crippen MR) is 65.2 cm³/mol. The van der Waals surface area contributed by atoms with Crippen molar-refractivity contribution < 1.29 is 4.74 Å². The summed E-state index contributed by atoms with van der Waals surface area (Å²) in [7, 11) is 3.81. The van der Waals surface area contributed by atoms with Gasteiger partial charge in [-0.2, -0.15) is 0 Å². The Morgan fingerprint density at radius 2 is 2.19 bits per heavy atom. The quantitative estimate of drug-likeness (QED) is 0.216. The molecule has 1 saturated heterocycles. The number of nitrogens with zero attached hydrogens (tertiary/aromatic N) is 3. The van der Waals surface area contributed by atoms with Gasteiger partial charge in [0.05, 0.1) is 13.2 Å². The molecule has 0 amide bonds. The van der Waals surface area contributed by atoms with Gasteiger partial charge in [-0.15, -0.1) is 0 Å². The van der Waals surface area contributed by atoms with Crippen LogP contribution in [0.5, 0.6) is 0 Å². The topological polar surface area (TPSA) is 66.1 Å². The van der Waals surface area contributed by atoms with E-state index >= 15 is 0 Å². The Kier molecular flexibility index (Phi) is 6.14. The van der Waals surface area contributed by atoms with E-state index in [2.05, 4.69) is 27.3 Å². The van der Waals surface area contributed by atoms with E-state index < -0.39 is 0 Å². The standard InChI is InChI=1S/C10H23N5O/c1-14-5-3-6-15(8-7-14)10(13-11)12-4-9-16-2/h3-9,11H2,1-2H3,(H,12,13). The smallest absolute Gasteiger partial charge is 0.208 e. The lowest BCUT2D eigenvalue weighted by Gasteiger charge is -2.23. The number of hydrazine groups is 1. The van der Waals surface area contributed by atoms with Crippen molar-refractivity contribution in [3.63, 3.8) is 0 Å². The lowest BCUT2D eigenvalue weighted by molar-refractivity contribution is 0.207. The van der Waals surface area contributed by atoms with Gasteiger partial charge in [0.25, 0.3) is 0 Å². The van der Waals surface area contributed by atoms with E-state index in [4.69, 9.17) is 10.6 Å². The number of hydrogen-bond acceptors (Lipinski definition) is 4. The third-order valence-corrected chi connectivity index (χ3v) is 2.71. The van der Waals surface area contributed by atoms with Crippen LogP contribution in [0.4, 0.5) is 0 Å². The summed E-state index contributed by atoms with van der Waals surface area (Å²) in [5.41, 5.74) is 2.68. The lowest BCUT2D eigenvalue weighted by atomic mass is 10.4. The van der Waals surface area contributed by atoms with Gasteiger partial charge in [-0.1, -0.05) is 0 Å². The van der Waals surface area contributed by atoms with E-state index in [-0.39, 0.29) is 0 Å². The third kappa shape index (κ3) is 4.34. The molecule has 0 aromatic rings. The van der Waals surface area contributed by atoms with Gasteiger partial charge in [-0.25, -0.2) is 10.8 Å². The number of hydrogen-bond donors (Lipinski definition) is 2. The van der Waals surface area contributed by atoms with Gasteiger partial charge < -0.3 is 14.5 Å². The first kappa shape index (κ1) is 13.2. The molecule has 6 nitrogen and oxygen atoms in total. The molecule has 1 aliphatic heterocycles. The number of nitrogens with one attached hydrogen (secondary N) is 1. The van der Waals surface area contributed by atoms with Crippen LogP contribution in [-0.4, -0.2) is 69.2 Å². The summed E-state index contributed by atoms with van der Waals surface area (Å²) in [5.74, 6) is 6.27. The molecular formula is C10H23N5O. The molecule has 0 unspecified atom stereocenters. The molecule has 0 radical (unpaired) electrons. The minimum atomic E-state index is 0.624. The molecule has 0 aromatic carbocycles. The SMILES string of the molecule is COCCN=C(NN)N1CCCN(C)CC1. The second-order valence-electron chi connectivity index (χ2n) is 3.99. The normalized spacial score (nSPS) is 19.7. The highest BCUT2D eigenvalue weighted by Gasteiger charge is 2.14. The molecule has 3 N–H and O–H groups in total. The summed E-state index contributed by atoms with van der Waals surface area (Å²) < 4.78 is 4.96. The number of nitrogens with two attached hydrogens (primary N) is 1.